The summed E-state index contributed by atoms with van der Waals surface area (Å²) in [6.07, 6.45) is 8.31. The first-order valence-corrected chi connectivity index (χ1v) is 4.25. The van der Waals surface area contributed by atoms with Crippen LogP contribution in [-0.2, 0) is 4.74 Å². The van der Waals surface area contributed by atoms with Crippen LogP contribution in [0.25, 0.3) is 0 Å². The lowest BCUT2D eigenvalue weighted by Crippen LogP contribution is -2.16. The highest BCUT2D eigenvalue weighted by molar-refractivity contribution is 4.63. The monoisotopic (exact) mass is 143 g/mol. The first kappa shape index (κ1) is 8.02. The number of hydrogen-bond donors (Lipinski definition) is 1. The third-order valence-corrected chi connectivity index (χ3v) is 2.13. The highest BCUT2D eigenvalue weighted by atomic mass is 16.5. The second kappa shape index (κ2) is 4.69. The second-order valence-corrected chi connectivity index (χ2v) is 2.95. The van der Waals surface area contributed by atoms with Gasteiger partial charge in [-0.3, -0.25) is 0 Å². The van der Waals surface area contributed by atoms with Crippen LogP contribution in [0.4, 0.5) is 0 Å². The zero-order valence-corrected chi connectivity index (χ0v) is 6.51. The molecule has 0 saturated heterocycles. The summed E-state index contributed by atoms with van der Waals surface area (Å²) in [5, 5.41) is 0. The van der Waals surface area contributed by atoms with Crippen LogP contribution in [0.5, 0.6) is 0 Å². The van der Waals surface area contributed by atoms with E-state index in [1.807, 2.05) is 0 Å². The predicted molar refractivity (Wildman–Crippen MR) is 41.6 cm³/mol. The van der Waals surface area contributed by atoms with E-state index in [-0.39, 0.29) is 0 Å². The maximum atomic E-state index is 5.34. The Balaban J connectivity index is 2.15. The quantitative estimate of drug-likeness (QED) is 0.471. The largest absolute Gasteiger partial charge is 0.363 e. The van der Waals surface area contributed by atoms with Crippen LogP contribution in [0.15, 0.2) is 0 Å². The third-order valence-electron chi connectivity index (χ3n) is 2.13. The molecule has 2 nitrogen and oxygen atoms in total. The predicted octanol–water partition coefficient (Wildman–Crippen LogP) is 1.64. The number of nitrogens with two attached hydrogens (primary N) is 1. The number of ether oxygens (including phenoxy) is 1. The van der Waals surface area contributed by atoms with Gasteiger partial charge in [0.1, 0.15) is 0 Å². The maximum Gasteiger partial charge on any atom is 0.0944 e. The van der Waals surface area contributed by atoms with E-state index in [0.717, 1.165) is 0 Å². The second-order valence-electron chi connectivity index (χ2n) is 2.95. The molecule has 60 valence electrons. The minimum atomic E-state index is 0.394. The molecule has 0 aliphatic heterocycles. The van der Waals surface area contributed by atoms with Crippen LogP contribution in [-0.4, -0.2) is 12.8 Å². The zero-order valence-electron chi connectivity index (χ0n) is 6.51. The molecule has 0 aromatic rings. The van der Waals surface area contributed by atoms with Gasteiger partial charge in [0, 0.05) is 0 Å². The van der Waals surface area contributed by atoms with Gasteiger partial charge in [-0.25, -0.2) is 0 Å². The van der Waals surface area contributed by atoms with E-state index in [4.69, 9.17) is 10.5 Å². The molecule has 0 aromatic heterocycles. The molecule has 0 heterocycles. The van der Waals surface area contributed by atoms with Gasteiger partial charge in [0.25, 0.3) is 0 Å². The Hall–Kier alpha value is -0.0800. The van der Waals surface area contributed by atoms with Crippen molar-refractivity contribution in [1.82, 2.24) is 0 Å². The van der Waals surface area contributed by atoms with Gasteiger partial charge in [0.05, 0.1) is 12.8 Å². The smallest absolute Gasteiger partial charge is 0.0944 e. The number of hydrogen-bond acceptors (Lipinski definition) is 2. The first-order valence-electron chi connectivity index (χ1n) is 4.25. The Morgan fingerprint density at radius 3 is 2.20 bits per heavy atom. The average molecular weight is 143 g/mol. The minimum Gasteiger partial charge on any atom is -0.363 e. The lowest BCUT2D eigenvalue weighted by molar-refractivity contribution is 0.0477. The summed E-state index contributed by atoms with van der Waals surface area (Å²) in [7, 11) is 0. The van der Waals surface area contributed by atoms with Crippen molar-refractivity contribution in [2.75, 3.05) is 6.73 Å². The van der Waals surface area contributed by atoms with Gasteiger partial charge in [0.15, 0.2) is 0 Å². The van der Waals surface area contributed by atoms with Gasteiger partial charge < -0.3 is 10.5 Å². The van der Waals surface area contributed by atoms with Crippen molar-refractivity contribution >= 4 is 0 Å². The van der Waals surface area contributed by atoms with E-state index in [9.17, 15) is 0 Å². The molecule has 0 bridgehead atoms. The molecule has 1 fully saturated rings. The topological polar surface area (TPSA) is 35.2 Å². The van der Waals surface area contributed by atoms with Gasteiger partial charge in [-0.05, 0) is 12.8 Å². The van der Waals surface area contributed by atoms with Gasteiger partial charge in [-0.1, -0.05) is 25.7 Å². The Morgan fingerprint density at radius 2 is 1.70 bits per heavy atom. The molecule has 10 heavy (non-hydrogen) atoms. The summed E-state index contributed by atoms with van der Waals surface area (Å²) >= 11 is 0. The van der Waals surface area contributed by atoms with Crippen LogP contribution >= 0.6 is 0 Å². The molecular formula is C8H17NO. The van der Waals surface area contributed by atoms with Crippen molar-refractivity contribution in [2.24, 2.45) is 5.73 Å². The summed E-state index contributed by atoms with van der Waals surface area (Å²) in [5.41, 5.74) is 5.29. The molecule has 2 N–H and O–H groups in total. The molecule has 2 heteroatoms. The van der Waals surface area contributed by atoms with E-state index >= 15 is 0 Å². The van der Waals surface area contributed by atoms with Crippen molar-refractivity contribution in [2.45, 2.75) is 44.6 Å². The summed E-state index contributed by atoms with van der Waals surface area (Å²) in [6.45, 7) is 0.394. The molecule has 1 rings (SSSR count). The Bertz CT molecular complexity index is 77.3. The summed E-state index contributed by atoms with van der Waals surface area (Å²) in [4.78, 5) is 0. The highest BCUT2D eigenvalue weighted by Crippen LogP contribution is 2.18. The number of rotatable bonds is 2. The van der Waals surface area contributed by atoms with Gasteiger partial charge >= 0.3 is 0 Å². The Morgan fingerprint density at radius 1 is 1.10 bits per heavy atom. The molecule has 1 aliphatic rings. The van der Waals surface area contributed by atoms with Crippen molar-refractivity contribution < 1.29 is 4.74 Å². The van der Waals surface area contributed by atoms with Crippen LogP contribution < -0.4 is 5.73 Å². The van der Waals surface area contributed by atoms with Gasteiger partial charge in [-0.2, -0.15) is 0 Å². The summed E-state index contributed by atoms with van der Waals surface area (Å²) < 4.78 is 5.34. The Kier molecular flexibility index (Phi) is 3.76. The van der Waals surface area contributed by atoms with Gasteiger partial charge in [-0.15, -0.1) is 0 Å². The van der Waals surface area contributed by atoms with E-state index in [1.54, 1.807) is 0 Å². The van der Waals surface area contributed by atoms with Crippen LogP contribution in [0.1, 0.15) is 38.5 Å². The summed E-state index contributed by atoms with van der Waals surface area (Å²) in [6, 6.07) is 0. The Labute approximate surface area is 62.7 Å². The van der Waals surface area contributed by atoms with Crippen molar-refractivity contribution in [3.63, 3.8) is 0 Å². The van der Waals surface area contributed by atoms with Crippen molar-refractivity contribution in [3.8, 4) is 0 Å². The van der Waals surface area contributed by atoms with E-state index < -0.39 is 0 Å². The molecule has 0 aromatic carbocycles. The van der Waals surface area contributed by atoms with E-state index in [2.05, 4.69) is 0 Å². The molecule has 0 atom stereocenters. The normalized spacial score (nSPS) is 22.5. The summed E-state index contributed by atoms with van der Waals surface area (Å²) in [5.74, 6) is 0. The van der Waals surface area contributed by atoms with Crippen molar-refractivity contribution in [3.05, 3.63) is 0 Å². The molecular weight excluding hydrogens is 126 g/mol. The average Bonchev–Trinajstić information content (AvgIpc) is 2.17. The third kappa shape index (κ3) is 2.67. The standard InChI is InChI=1S/C8H17NO/c9-7-10-8-5-3-1-2-4-6-8/h8H,1-7,9H2. The van der Waals surface area contributed by atoms with Crippen LogP contribution in [0, 0.1) is 0 Å². The van der Waals surface area contributed by atoms with Gasteiger partial charge in [0.2, 0.25) is 0 Å². The first-order chi connectivity index (χ1) is 4.93. The lowest BCUT2D eigenvalue weighted by atomic mass is 10.2. The SMILES string of the molecule is NCOC1CCCCCC1. The van der Waals surface area contributed by atoms with E-state index in [1.165, 1.54) is 38.5 Å². The molecule has 0 radical (unpaired) electrons. The minimum absolute atomic E-state index is 0.394. The van der Waals surface area contributed by atoms with Crippen LogP contribution in [0.2, 0.25) is 0 Å². The molecule has 1 saturated carbocycles. The fraction of sp³-hybridized carbons (Fsp3) is 1.00. The molecule has 0 spiro atoms. The van der Waals surface area contributed by atoms with Crippen molar-refractivity contribution in [1.29, 1.82) is 0 Å². The molecule has 0 amide bonds. The fourth-order valence-corrected chi connectivity index (χ4v) is 1.54. The zero-order chi connectivity index (χ0) is 7.23. The molecule has 0 unspecified atom stereocenters. The molecule has 1 aliphatic carbocycles. The maximum absolute atomic E-state index is 5.34. The highest BCUT2D eigenvalue weighted by Gasteiger charge is 2.10. The van der Waals surface area contributed by atoms with Crippen LogP contribution in [0.3, 0.4) is 0 Å². The lowest BCUT2D eigenvalue weighted by Gasteiger charge is -2.12. The fourth-order valence-electron chi connectivity index (χ4n) is 1.54. The van der Waals surface area contributed by atoms with E-state index in [0.29, 0.717) is 12.8 Å².